The van der Waals surface area contributed by atoms with E-state index in [-0.39, 0.29) is 18.2 Å². The molecule has 3 N–H and O–H groups in total. The molecule has 1 aliphatic carbocycles. The van der Waals surface area contributed by atoms with Crippen LogP contribution in [-0.4, -0.2) is 43.3 Å². The lowest BCUT2D eigenvalue weighted by molar-refractivity contribution is 0.0490. The Labute approximate surface area is 171 Å². The fourth-order valence-corrected chi connectivity index (χ4v) is 3.29. The molecule has 1 aromatic carbocycles. The molecule has 0 aromatic heterocycles. The third-order valence-corrected chi connectivity index (χ3v) is 4.71. The fourth-order valence-electron chi connectivity index (χ4n) is 3.29. The summed E-state index contributed by atoms with van der Waals surface area (Å²) in [5.41, 5.74) is -0.170. The fraction of sp³-hybridized carbons (Fsp3) is 0.619. The molecule has 6 nitrogen and oxygen atoms in total. The molecule has 162 valence electrons. The van der Waals surface area contributed by atoms with E-state index in [9.17, 15) is 13.6 Å². The van der Waals surface area contributed by atoms with E-state index in [2.05, 4.69) is 20.9 Å². The van der Waals surface area contributed by atoms with Gasteiger partial charge in [-0.25, -0.2) is 13.6 Å². The van der Waals surface area contributed by atoms with Gasteiger partial charge in [0.2, 0.25) is 0 Å². The number of carbonyl (C=O) groups excluding carboxylic acids is 1. The summed E-state index contributed by atoms with van der Waals surface area (Å²) in [6, 6.07) is 3.81. The van der Waals surface area contributed by atoms with Gasteiger partial charge in [-0.3, -0.25) is 4.99 Å². The standard InChI is InChI=1S/C21H32F2N4O2/c1-21(2,3)29-20(28)27-17-8-6-16(7-9-17)26-19(24-4)25-12-11-14-13-15(22)5-10-18(14)23/h5,10,13,16-17H,6-9,11-12H2,1-4H3,(H,27,28)(H2,24,25,26). The van der Waals surface area contributed by atoms with Crippen molar-refractivity contribution in [3.8, 4) is 0 Å². The largest absolute Gasteiger partial charge is 0.444 e. The van der Waals surface area contributed by atoms with Crippen molar-refractivity contribution in [2.45, 2.75) is 70.6 Å². The molecular weight excluding hydrogens is 378 g/mol. The van der Waals surface area contributed by atoms with Crippen LogP contribution < -0.4 is 16.0 Å². The number of amides is 1. The van der Waals surface area contributed by atoms with Gasteiger partial charge in [0.1, 0.15) is 17.2 Å². The lowest BCUT2D eigenvalue weighted by Gasteiger charge is -2.31. The third-order valence-electron chi connectivity index (χ3n) is 4.71. The summed E-state index contributed by atoms with van der Waals surface area (Å²) in [7, 11) is 1.67. The number of guanidine groups is 1. The van der Waals surface area contributed by atoms with Crippen molar-refractivity contribution in [1.29, 1.82) is 0 Å². The molecule has 0 bridgehead atoms. The lowest BCUT2D eigenvalue weighted by atomic mass is 9.91. The van der Waals surface area contributed by atoms with Crippen LogP contribution in [0.25, 0.3) is 0 Å². The number of aliphatic imine (C=N–C) groups is 1. The predicted molar refractivity (Wildman–Crippen MR) is 110 cm³/mol. The number of hydrogen-bond acceptors (Lipinski definition) is 3. The number of benzene rings is 1. The molecule has 8 heteroatoms. The third kappa shape index (κ3) is 8.25. The molecule has 0 heterocycles. The quantitative estimate of drug-likeness (QED) is 0.513. The van der Waals surface area contributed by atoms with Crippen LogP contribution in [0, 0.1) is 11.6 Å². The Morgan fingerprint density at radius 3 is 2.34 bits per heavy atom. The predicted octanol–water partition coefficient (Wildman–Crippen LogP) is 3.51. The first-order valence-corrected chi connectivity index (χ1v) is 10.1. The molecule has 1 saturated carbocycles. The molecule has 0 radical (unpaired) electrons. The Balaban J connectivity index is 1.71. The van der Waals surface area contributed by atoms with Crippen molar-refractivity contribution < 1.29 is 18.3 Å². The van der Waals surface area contributed by atoms with Crippen molar-refractivity contribution >= 4 is 12.1 Å². The number of ether oxygens (including phenoxy) is 1. The Morgan fingerprint density at radius 2 is 1.76 bits per heavy atom. The molecule has 0 spiro atoms. The van der Waals surface area contributed by atoms with E-state index < -0.39 is 17.2 Å². The van der Waals surface area contributed by atoms with Gasteiger partial charge < -0.3 is 20.7 Å². The van der Waals surface area contributed by atoms with E-state index in [1.807, 2.05) is 20.8 Å². The summed E-state index contributed by atoms with van der Waals surface area (Å²) in [4.78, 5) is 16.1. The van der Waals surface area contributed by atoms with Gasteiger partial charge in [-0.15, -0.1) is 0 Å². The molecule has 0 atom stereocenters. The zero-order valence-electron chi connectivity index (χ0n) is 17.6. The average molecular weight is 411 g/mol. The summed E-state index contributed by atoms with van der Waals surface area (Å²) in [6.07, 6.45) is 3.46. The van der Waals surface area contributed by atoms with Crippen LogP contribution in [0.1, 0.15) is 52.0 Å². The normalized spacial score (nSPS) is 20.1. The Morgan fingerprint density at radius 1 is 1.14 bits per heavy atom. The van der Waals surface area contributed by atoms with E-state index in [1.54, 1.807) is 7.05 Å². The minimum Gasteiger partial charge on any atom is -0.444 e. The number of hydrogen-bond donors (Lipinski definition) is 3. The average Bonchev–Trinajstić information content (AvgIpc) is 2.63. The van der Waals surface area contributed by atoms with Crippen molar-refractivity contribution in [1.82, 2.24) is 16.0 Å². The Bertz CT molecular complexity index is 711. The number of carbonyl (C=O) groups is 1. The molecule has 0 aliphatic heterocycles. The minimum atomic E-state index is -0.505. The highest BCUT2D eigenvalue weighted by molar-refractivity contribution is 5.80. The molecule has 0 saturated heterocycles. The number of alkyl carbamates (subject to hydrolysis) is 1. The van der Waals surface area contributed by atoms with Gasteiger partial charge in [0.25, 0.3) is 0 Å². The monoisotopic (exact) mass is 410 g/mol. The summed E-state index contributed by atoms with van der Waals surface area (Å²) < 4.78 is 32.2. The van der Waals surface area contributed by atoms with Gasteiger partial charge in [0.15, 0.2) is 5.96 Å². The van der Waals surface area contributed by atoms with E-state index in [0.717, 1.165) is 37.8 Å². The molecule has 29 heavy (non-hydrogen) atoms. The van der Waals surface area contributed by atoms with E-state index in [0.29, 0.717) is 24.5 Å². The second-order valence-corrected chi connectivity index (χ2v) is 8.32. The van der Waals surface area contributed by atoms with Crippen molar-refractivity contribution in [3.63, 3.8) is 0 Å². The highest BCUT2D eigenvalue weighted by Crippen LogP contribution is 2.19. The number of rotatable bonds is 5. The van der Waals surface area contributed by atoms with Crippen molar-refractivity contribution in [2.75, 3.05) is 13.6 Å². The van der Waals surface area contributed by atoms with Crippen LogP contribution in [0.15, 0.2) is 23.2 Å². The molecule has 2 rings (SSSR count). The lowest BCUT2D eigenvalue weighted by Crippen LogP contribution is -2.48. The summed E-state index contributed by atoms with van der Waals surface area (Å²) in [5, 5.41) is 9.42. The summed E-state index contributed by atoms with van der Waals surface area (Å²) in [5.74, 6) is -0.224. The maximum atomic E-state index is 13.7. The van der Waals surface area contributed by atoms with Crippen LogP contribution >= 0.6 is 0 Å². The first-order valence-electron chi connectivity index (χ1n) is 10.1. The van der Waals surface area contributed by atoms with Gasteiger partial charge in [0.05, 0.1) is 0 Å². The number of nitrogens with zero attached hydrogens (tertiary/aromatic N) is 1. The summed E-state index contributed by atoms with van der Waals surface area (Å²) in [6.45, 7) is 5.97. The number of nitrogens with one attached hydrogen (secondary N) is 3. The van der Waals surface area contributed by atoms with E-state index in [1.165, 1.54) is 6.07 Å². The molecule has 1 aromatic rings. The molecular formula is C21H32F2N4O2. The topological polar surface area (TPSA) is 74.8 Å². The van der Waals surface area contributed by atoms with Gasteiger partial charge in [-0.1, -0.05) is 0 Å². The second kappa shape index (κ2) is 10.4. The van der Waals surface area contributed by atoms with Crippen molar-refractivity contribution in [3.05, 3.63) is 35.4 Å². The van der Waals surface area contributed by atoms with Gasteiger partial charge >= 0.3 is 6.09 Å². The van der Waals surface area contributed by atoms with Crippen LogP contribution in [0.5, 0.6) is 0 Å². The minimum absolute atomic E-state index is 0.105. The first kappa shape index (κ1) is 22.9. The Hall–Kier alpha value is -2.38. The zero-order chi connectivity index (χ0) is 21.4. The summed E-state index contributed by atoms with van der Waals surface area (Å²) >= 11 is 0. The van der Waals surface area contributed by atoms with Gasteiger partial charge in [0, 0.05) is 25.7 Å². The van der Waals surface area contributed by atoms with E-state index >= 15 is 0 Å². The van der Waals surface area contributed by atoms with Crippen molar-refractivity contribution in [2.24, 2.45) is 4.99 Å². The molecule has 1 fully saturated rings. The SMILES string of the molecule is CN=C(NCCc1cc(F)ccc1F)NC1CCC(NC(=O)OC(C)(C)C)CC1. The molecule has 1 aliphatic rings. The Kier molecular flexibility index (Phi) is 8.22. The van der Waals surface area contributed by atoms with Gasteiger partial charge in [-0.2, -0.15) is 0 Å². The molecule has 1 amide bonds. The van der Waals surface area contributed by atoms with Crippen LogP contribution in [0.4, 0.5) is 13.6 Å². The molecule has 0 unspecified atom stereocenters. The maximum absolute atomic E-state index is 13.7. The maximum Gasteiger partial charge on any atom is 0.407 e. The number of halogens is 2. The highest BCUT2D eigenvalue weighted by Gasteiger charge is 2.25. The van der Waals surface area contributed by atoms with Gasteiger partial charge in [-0.05, 0) is 76.6 Å². The zero-order valence-corrected chi connectivity index (χ0v) is 17.6. The van der Waals surface area contributed by atoms with Crippen LogP contribution in [0.2, 0.25) is 0 Å². The van der Waals surface area contributed by atoms with Crippen LogP contribution in [0.3, 0.4) is 0 Å². The highest BCUT2D eigenvalue weighted by atomic mass is 19.1. The van der Waals surface area contributed by atoms with E-state index in [4.69, 9.17) is 4.74 Å². The second-order valence-electron chi connectivity index (χ2n) is 8.32. The smallest absolute Gasteiger partial charge is 0.407 e. The first-order chi connectivity index (χ1) is 13.7. The van der Waals surface area contributed by atoms with Crippen LogP contribution in [-0.2, 0) is 11.2 Å².